The zero-order valence-corrected chi connectivity index (χ0v) is 17.3. The molecule has 29 heavy (non-hydrogen) atoms. The minimum absolute atomic E-state index is 0.0955. The third-order valence-corrected chi connectivity index (χ3v) is 6.07. The molecule has 1 aliphatic heterocycles. The van der Waals surface area contributed by atoms with Gasteiger partial charge in [0.1, 0.15) is 0 Å². The van der Waals surface area contributed by atoms with Crippen LogP contribution in [0.3, 0.4) is 0 Å². The van der Waals surface area contributed by atoms with Crippen LogP contribution in [0.5, 0.6) is 0 Å². The lowest BCUT2D eigenvalue weighted by Crippen LogP contribution is -2.32. The Morgan fingerprint density at radius 3 is 2.62 bits per heavy atom. The van der Waals surface area contributed by atoms with Gasteiger partial charge in [-0.25, -0.2) is 0 Å². The number of esters is 1. The Hall–Kier alpha value is -2.80. The van der Waals surface area contributed by atoms with Crippen LogP contribution in [-0.2, 0) is 19.1 Å². The molecule has 1 heterocycles. The molecule has 2 amide bonds. The van der Waals surface area contributed by atoms with E-state index in [-0.39, 0.29) is 18.9 Å². The SMILES string of the molecule is CC[C@H](C)c1ccc(NC(=O)COC(=O)C[C@@H]2Sc3ccccc3NC2=O)cc1. The number of carbonyl (C=O) groups excluding carboxylic acids is 3. The topological polar surface area (TPSA) is 84.5 Å². The van der Waals surface area contributed by atoms with Crippen molar-refractivity contribution in [2.24, 2.45) is 0 Å². The largest absolute Gasteiger partial charge is 0.456 e. The van der Waals surface area contributed by atoms with E-state index in [4.69, 9.17) is 4.74 Å². The van der Waals surface area contributed by atoms with E-state index in [2.05, 4.69) is 24.5 Å². The van der Waals surface area contributed by atoms with Crippen molar-refractivity contribution in [3.63, 3.8) is 0 Å². The summed E-state index contributed by atoms with van der Waals surface area (Å²) in [6.07, 6.45) is 0.951. The molecular formula is C22H24N2O4S. The average molecular weight is 413 g/mol. The van der Waals surface area contributed by atoms with Gasteiger partial charge in [-0.2, -0.15) is 0 Å². The fourth-order valence-corrected chi connectivity index (χ4v) is 4.01. The van der Waals surface area contributed by atoms with Crippen LogP contribution in [0.2, 0.25) is 0 Å². The van der Waals surface area contributed by atoms with E-state index < -0.39 is 17.1 Å². The van der Waals surface area contributed by atoms with Gasteiger partial charge in [0.2, 0.25) is 5.91 Å². The summed E-state index contributed by atoms with van der Waals surface area (Å²) in [5, 5.41) is 4.91. The van der Waals surface area contributed by atoms with Gasteiger partial charge in [0.05, 0.1) is 17.4 Å². The van der Waals surface area contributed by atoms with E-state index in [1.165, 1.54) is 17.3 Å². The molecule has 0 bridgehead atoms. The van der Waals surface area contributed by atoms with Gasteiger partial charge in [0.25, 0.3) is 5.91 Å². The number of benzene rings is 2. The van der Waals surface area contributed by atoms with Gasteiger partial charge in [-0.3, -0.25) is 14.4 Å². The number of thioether (sulfide) groups is 1. The summed E-state index contributed by atoms with van der Waals surface area (Å²) < 4.78 is 5.05. The number of amides is 2. The van der Waals surface area contributed by atoms with Gasteiger partial charge in [0.15, 0.2) is 6.61 Å². The third-order valence-electron chi connectivity index (χ3n) is 4.80. The van der Waals surface area contributed by atoms with Crippen LogP contribution < -0.4 is 10.6 Å². The highest BCUT2D eigenvalue weighted by Crippen LogP contribution is 2.36. The second-order valence-electron chi connectivity index (χ2n) is 6.94. The van der Waals surface area contributed by atoms with Gasteiger partial charge >= 0.3 is 5.97 Å². The minimum atomic E-state index is -0.584. The highest BCUT2D eigenvalue weighted by atomic mass is 32.2. The van der Waals surface area contributed by atoms with E-state index in [1.54, 1.807) is 0 Å². The summed E-state index contributed by atoms with van der Waals surface area (Å²) in [7, 11) is 0. The van der Waals surface area contributed by atoms with E-state index in [9.17, 15) is 14.4 Å². The summed E-state index contributed by atoms with van der Waals surface area (Å²) in [5.74, 6) is -0.779. The molecule has 1 aliphatic rings. The van der Waals surface area contributed by atoms with Gasteiger partial charge in [-0.1, -0.05) is 38.1 Å². The molecule has 0 aromatic heterocycles. The fourth-order valence-electron chi connectivity index (χ4n) is 2.91. The zero-order valence-electron chi connectivity index (χ0n) is 16.4. The Balaban J connectivity index is 1.45. The predicted molar refractivity (Wildman–Crippen MR) is 114 cm³/mol. The van der Waals surface area contributed by atoms with Crippen LogP contribution >= 0.6 is 11.8 Å². The maximum atomic E-state index is 12.1. The van der Waals surface area contributed by atoms with Crippen molar-refractivity contribution >= 4 is 40.9 Å². The molecule has 2 N–H and O–H groups in total. The number of hydrogen-bond acceptors (Lipinski definition) is 5. The van der Waals surface area contributed by atoms with Crippen molar-refractivity contribution in [1.29, 1.82) is 0 Å². The molecule has 0 fully saturated rings. The molecule has 2 atom stereocenters. The predicted octanol–water partition coefficient (Wildman–Crippen LogP) is 4.18. The van der Waals surface area contributed by atoms with Crippen LogP contribution in [0.15, 0.2) is 53.4 Å². The van der Waals surface area contributed by atoms with E-state index in [0.717, 1.165) is 17.0 Å². The Kier molecular flexibility index (Phi) is 6.93. The highest BCUT2D eigenvalue weighted by Gasteiger charge is 2.29. The zero-order chi connectivity index (χ0) is 20.8. The molecule has 0 radical (unpaired) electrons. The van der Waals surface area contributed by atoms with Gasteiger partial charge < -0.3 is 15.4 Å². The van der Waals surface area contributed by atoms with E-state index in [0.29, 0.717) is 11.6 Å². The number of anilines is 2. The maximum Gasteiger partial charge on any atom is 0.307 e. The first-order valence-electron chi connectivity index (χ1n) is 9.58. The molecule has 0 saturated heterocycles. The molecule has 3 rings (SSSR count). The first-order chi connectivity index (χ1) is 14.0. The summed E-state index contributed by atoms with van der Waals surface area (Å²) in [5.41, 5.74) is 2.60. The Morgan fingerprint density at radius 2 is 1.90 bits per heavy atom. The van der Waals surface area contributed by atoms with Crippen LogP contribution in [0.25, 0.3) is 0 Å². The van der Waals surface area contributed by atoms with Crippen molar-refractivity contribution in [1.82, 2.24) is 0 Å². The number of ether oxygens (including phenoxy) is 1. The molecule has 6 nitrogen and oxygen atoms in total. The average Bonchev–Trinajstić information content (AvgIpc) is 2.73. The molecule has 0 aliphatic carbocycles. The smallest absolute Gasteiger partial charge is 0.307 e. The van der Waals surface area contributed by atoms with Gasteiger partial charge in [-0.15, -0.1) is 11.8 Å². The third kappa shape index (κ3) is 5.60. The summed E-state index contributed by atoms with van der Waals surface area (Å²) in [6, 6.07) is 15.0. The lowest BCUT2D eigenvalue weighted by Gasteiger charge is -2.23. The lowest BCUT2D eigenvalue weighted by atomic mass is 9.99. The Bertz CT molecular complexity index is 898. The Labute approximate surface area is 174 Å². The molecule has 0 unspecified atom stereocenters. The van der Waals surface area contributed by atoms with Gasteiger partial charge in [0, 0.05) is 10.6 Å². The molecule has 2 aromatic carbocycles. The number of nitrogens with one attached hydrogen (secondary N) is 2. The number of carbonyl (C=O) groups is 3. The molecule has 152 valence electrons. The minimum Gasteiger partial charge on any atom is -0.456 e. The molecule has 0 saturated carbocycles. The van der Waals surface area contributed by atoms with E-state index in [1.807, 2.05) is 48.5 Å². The molecule has 2 aromatic rings. The lowest BCUT2D eigenvalue weighted by molar-refractivity contribution is -0.147. The number of para-hydroxylation sites is 1. The van der Waals surface area contributed by atoms with Crippen molar-refractivity contribution in [2.75, 3.05) is 17.2 Å². The fraction of sp³-hybridized carbons (Fsp3) is 0.318. The highest BCUT2D eigenvalue weighted by molar-refractivity contribution is 8.01. The van der Waals surface area contributed by atoms with Crippen LogP contribution in [-0.4, -0.2) is 29.6 Å². The van der Waals surface area contributed by atoms with Crippen molar-refractivity contribution < 1.29 is 19.1 Å². The summed E-state index contributed by atoms with van der Waals surface area (Å²) in [6.45, 7) is 3.89. The number of rotatable bonds is 7. The standard InChI is InChI=1S/C22H24N2O4S/c1-3-14(2)15-8-10-16(11-9-15)23-20(25)13-28-21(26)12-19-22(27)24-17-6-4-5-7-18(17)29-19/h4-11,14,19H,3,12-13H2,1-2H3,(H,23,25)(H,24,27)/t14-,19-/m0/s1. The first kappa shape index (κ1) is 20.9. The summed E-state index contributed by atoms with van der Waals surface area (Å²) >= 11 is 1.32. The quantitative estimate of drug-likeness (QED) is 0.667. The Morgan fingerprint density at radius 1 is 1.17 bits per heavy atom. The van der Waals surface area contributed by atoms with Gasteiger partial charge in [-0.05, 0) is 42.2 Å². The molecular weight excluding hydrogens is 388 g/mol. The molecule has 7 heteroatoms. The first-order valence-corrected chi connectivity index (χ1v) is 10.5. The monoisotopic (exact) mass is 412 g/mol. The summed E-state index contributed by atoms with van der Waals surface area (Å²) in [4.78, 5) is 37.2. The second-order valence-corrected chi connectivity index (χ2v) is 8.18. The van der Waals surface area contributed by atoms with Crippen LogP contribution in [0.4, 0.5) is 11.4 Å². The van der Waals surface area contributed by atoms with Crippen LogP contribution in [0, 0.1) is 0 Å². The molecule has 0 spiro atoms. The van der Waals surface area contributed by atoms with Crippen LogP contribution in [0.1, 0.15) is 38.2 Å². The van der Waals surface area contributed by atoms with Crippen molar-refractivity contribution in [2.45, 2.75) is 42.8 Å². The van der Waals surface area contributed by atoms with E-state index >= 15 is 0 Å². The normalized spacial score (nSPS) is 16.3. The number of hydrogen-bond donors (Lipinski definition) is 2. The maximum absolute atomic E-state index is 12.1. The van der Waals surface area contributed by atoms with Crippen molar-refractivity contribution in [3.8, 4) is 0 Å². The number of fused-ring (bicyclic) bond motifs is 1. The second kappa shape index (κ2) is 9.60. The van der Waals surface area contributed by atoms with Crippen molar-refractivity contribution in [3.05, 3.63) is 54.1 Å².